The fourth-order valence-corrected chi connectivity index (χ4v) is 2.74. The second-order valence-electron chi connectivity index (χ2n) is 5.90. The van der Waals surface area contributed by atoms with Crippen molar-refractivity contribution >= 4 is 22.6 Å². The van der Waals surface area contributed by atoms with Crippen molar-refractivity contribution in [3.63, 3.8) is 0 Å². The molecule has 140 valence electrons. The van der Waals surface area contributed by atoms with Crippen molar-refractivity contribution < 1.29 is 18.7 Å². The SMILES string of the molecule is CCOc1ccc(NC(=O)COc2ccc3c(CC)cc(=O)oc3c2)cc1. The molecule has 3 aromatic rings. The van der Waals surface area contributed by atoms with Gasteiger partial charge in [0.2, 0.25) is 0 Å². The molecule has 0 radical (unpaired) electrons. The molecule has 0 aliphatic rings. The van der Waals surface area contributed by atoms with E-state index < -0.39 is 5.63 Å². The van der Waals surface area contributed by atoms with Crippen LogP contribution in [0.15, 0.2) is 57.7 Å². The van der Waals surface area contributed by atoms with E-state index in [4.69, 9.17) is 13.9 Å². The molecule has 0 saturated carbocycles. The summed E-state index contributed by atoms with van der Waals surface area (Å²) >= 11 is 0. The molecule has 1 amide bonds. The minimum Gasteiger partial charge on any atom is -0.494 e. The first-order valence-corrected chi connectivity index (χ1v) is 8.81. The molecule has 0 saturated heterocycles. The third-order valence-electron chi connectivity index (χ3n) is 4.00. The Kier molecular flexibility index (Phi) is 5.76. The molecule has 0 spiro atoms. The van der Waals surface area contributed by atoms with Crippen LogP contribution in [0.25, 0.3) is 11.0 Å². The molecule has 0 aliphatic heterocycles. The van der Waals surface area contributed by atoms with Crippen LogP contribution < -0.4 is 20.4 Å². The van der Waals surface area contributed by atoms with Crippen molar-refractivity contribution in [2.45, 2.75) is 20.3 Å². The topological polar surface area (TPSA) is 77.8 Å². The number of hydrogen-bond donors (Lipinski definition) is 1. The highest BCUT2D eigenvalue weighted by Crippen LogP contribution is 2.23. The van der Waals surface area contributed by atoms with Gasteiger partial charge in [-0.05, 0) is 55.3 Å². The number of aryl methyl sites for hydroxylation is 1. The summed E-state index contributed by atoms with van der Waals surface area (Å²) < 4.78 is 16.1. The Balaban J connectivity index is 1.63. The first kappa shape index (κ1) is 18.5. The van der Waals surface area contributed by atoms with Gasteiger partial charge >= 0.3 is 5.63 Å². The summed E-state index contributed by atoms with van der Waals surface area (Å²) in [5, 5.41) is 3.62. The quantitative estimate of drug-likeness (QED) is 0.643. The van der Waals surface area contributed by atoms with Crippen molar-refractivity contribution in [3.05, 3.63) is 64.5 Å². The van der Waals surface area contributed by atoms with Crippen LogP contribution in [0.2, 0.25) is 0 Å². The average molecular weight is 367 g/mol. The molecule has 1 heterocycles. The number of hydrogen-bond acceptors (Lipinski definition) is 5. The lowest BCUT2D eigenvalue weighted by atomic mass is 10.1. The van der Waals surface area contributed by atoms with Crippen LogP contribution in [0.4, 0.5) is 5.69 Å². The second-order valence-corrected chi connectivity index (χ2v) is 5.90. The number of amides is 1. The van der Waals surface area contributed by atoms with Crippen molar-refractivity contribution in [1.82, 2.24) is 0 Å². The van der Waals surface area contributed by atoms with Crippen molar-refractivity contribution in [1.29, 1.82) is 0 Å². The number of carbonyl (C=O) groups excluding carboxylic acids is 1. The van der Waals surface area contributed by atoms with E-state index in [9.17, 15) is 9.59 Å². The Bertz CT molecular complexity index is 992. The lowest BCUT2D eigenvalue weighted by molar-refractivity contribution is -0.118. The van der Waals surface area contributed by atoms with E-state index in [0.29, 0.717) is 23.6 Å². The van der Waals surface area contributed by atoms with Gasteiger partial charge in [0.05, 0.1) is 6.61 Å². The monoisotopic (exact) mass is 367 g/mol. The van der Waals surface area contributed by atoms with Crippen LogP contribution in [-0.4, -0.2) is 19.1 Å². The molecule has 2 aromatic carbocycles. The van der Waals surface area contributed by atoms with Crippen molar-refractivity contribution in [2.75, 3.05) is 18.5 Å². The largest absolute Gasteiger partial charge is 0.494 e. The number of fused-ring (bicyclic) bond motifs is 1. The first-order valence-electron chi connectivity index (χ1n) is 8.81. The van der Waals surface area contributed by atoms with E-state index in [0.717, 1.165) is 23.1 Å². The Morgan fingerprint density at radius 2 is 1.74 bits per heavy atom. The van der Waals surface area contributed by atoms with E-state index in [1.54, 1.807) is 36.4 Å². The number of rotatable bonds is 7. The number of anilines is 1. The van der Waals surface area contributed by atoms with Gasteiger partial charge in [0, 0.05) is 23.2 Å². The van der Waals surface area contributed by atoms with Gasteiger partial charge in [-0.1, -0.05) is 6.92 Å². The van der Waals surface area contributed by atoms with E-state index in [-0.39, 0.29) is 12.5 Å². The summed E-state index contributed by atoms with van der Waals surface area (Å²) in [4.78, 5) is 23.7. The molecule has 6 nitrogen and oxygen atoms in total. The molecule has 1 N–H and O–H groups in total. The molecule has 0 aliphatic carbocycles. The predicted octanol–water partition coefficient (Wildman–Crippen LogP) is 3.77. The third-order valence-corrected chi connectivity index (χ3v) is 4.00. The molecule has 3 rings (SSSR count). The molecule has 0 bridgehead atoms. The Morgan fingerprint density at radius 1 is 1.00 bits per heavy atom. The minimum absolute atomic E-state index is 0.156. The molecule has 0 atom stereocenters. The maximum Gasteiger partial charge on any atom is 0.336 e. The van der Waals surface area contributed by atoms with Gasteiger partial charge < -0.3 is 19.2 Å². The van der Waals surface area contributed by atoms with Gasteiger partial charge in [-0.25, -0.2) is 4.79 Å². The summed E-state index contributed by atoms with van der Waals surface area (Å²) in [6.45, 7) is 4.32. The zero-order chi connectivity index (χ0) is 19.2. The van der Waals surface area contributed by atoms with Crippen LogP contribution in [0, 0.1) is 0 Å². The van der Waals surface area contributed by atoms with E-state index in [1.807, 2.05) is 19.9 Å². The predicted molar refractivity (Wildman–Crippen MR) is 104 cm³/mol. The van der Waals surface area contributed by atoms with Crippen LogP contribution >= 0.6 is 0 Å². The van der Waals surface area contributed by atoms with Crippen molar-refractivity contribution in [2.24, 2.45) is 0 Å². The highest BCUT2D eigenvalue weighted by molar-refractivity contribution is 5.92. The highest BCUT2D eigenvalue weighted by atomic mass is 16.5. The lowest BCUT2D eigenvalue weighted by Crippen LogP contribution is -2.20. The Labute approximate surface area is 156 Å². The van der Waals surface area contributed by atoms with Crippen LogP contribution in [0.3, 0.4) is 0 Å². The zero-order valence-electron chi connectivity index (χ0n) is 15.3. The van der Waals surface area contributed by atoms with Crippen molar-refractivity contribution in [3.8, 4) is 11.5 Å². The van der Waals surface area contributed by atoms with Gasteiger partial charge in [0.1, 0.15) is 17.1 Å². The van der Waals surface area contributed by atoms with Gasteiger partial charge in [-0.15, -0.1) is 0 Å². The van der Waals surface area contributed by atoms with Crippen LogP contribution in [-0.2, 0) is 11.2 Å². The van der Waals surface area contributed by atoms with Gasteiger partial charge in [0.15, 0.2) is 6.61 Å². The second kappa shape index (κ2) is 8.40. The standard InChI is InChI=1S/C21H21NO5/c1-3-14-11-21(24)27-19-12-17(9-10-18(14)19)26-13-20(23)22-15-5-7-16(8-6-15)25-4-2/h5-12H,3-4,13H2,1-2H3,(H,22,23). The fraction of sp³-hybridized carbons (Fsp3) is 0.238. The molecule has 27 heavy (non-hydrogen) atoms. The lowest BCUT2D eigenvalue weighted by Gasteiger charge is -2.09. The average Bonchev–Trinajstić information content (AvgIpc) is 2.67. The normalized spacial score (nSPS) is 10.6. The molecule has 0 fully saturated rings. The van der Waals surface area contributed by atoms with E-state index >= 15 is 0 Å². The number of ether oxygens (including phenoxy) is 2. The van der Waals surface area contributed by atoms with Gasteiger partial charge in [-0.3, -0.25) is 4.79 Å². The molecular weight excluding hydrogens is 346 g/mol. The fourth-order valence-electron chi connectivity index (χ4n) is 2.74. The molecule has 1 aromatic heterocycles. The number of carbonyl (C=O) groups is 1. The van der Waals surface area contributed by atoms with Gasteiger partial charge in [0.25, 0.3) is 5.91 Å². The smallest absolute Gasteiger partial charge is 0.336 e. The van der Waals surface area contributed by atoms with Crippen LogP contribution in [0.1, 0.15) is 19.4 Å². The summed E-state index contributed by atoms with van der Waals surface area (Å²) in [6, 6.07) is 13.8. The van der Waals surface area contributed by atoms with Crippen LogP contribution in [0.5, 0.6) is 11.5 Å². The van der Waals surface area contributed by atoms with E-state index in [1.165, 1.54) is 6.07 Å². The number of nitrogens with one attached hydrogen (secondary N) is 1. The maximum atomic E-state index is 12.1. The maximum absolute atomic E-state index is 12.1. The summed E-state index contributed by atoms with van der Waals surface area (Å²) in [7, 11) is 0. The number of benzene rings is 2. The third kappa shape index (κ3) is 4.67. The van der Waals surface area contributed by atoms with Gasteiger partial charge in [-0.2, -0.15) is 0 Å². The summed E-state index contributed by atoms with van der Waals surface area (Å²) in [5.74, 6) is 0.916. The summed E-state index contributed by atoms with van der Waals surface area (Å²) in [6.07, 6.45) is 0.729. The Hall–Kier alpha value is -3.28. The molecular formula is C21H21NO5. The molecule has 0 unspecified atom stereocenters. The summed E-state index contributed by atoms with van der Waals surface area (Å²) in [5.41, 5.74) is 1.62. The highest BCUT2D eigenvalue weighted by Gasteiger charge is 2.08. The van der Waals surface area contributed by atoms with E-state index in [2.05, 4.69) is 5.32 Å². The Morgan fingerprint density at radius 3 is 2.44 bits per heavy atom. The zero-order valence-corrected chi connectivity index (χ0v) is 15.3. The minimum atomic E-state index is -0.398. The first-order chi connectivity index (χ1) is 13.1. The molecule has 6 heteroatoms.